The quantitative estimate of drug-likeness (QED) is 0.631. The third kappa shape index (κ3) is 2.03. The molecule has 0 fully saturated rings. The summed E-state index contributed by atoms with van der Waals surface area (Å²) in [6.07, 6.45) is 3.48. The van der Waals surface area contributed by atoms with Crippen LogP contribution in [0, 0.1) is 5.82 Å². The van der Waals surface area contributed by atoms with Crippen LogP contribution in [0.1, 0.15) is 5.56 Å². The molecule has 1 amide bonds. The number of H-pyrrole nitrogens is 1. The summed E-state index contributed by atoms with van der Waals surface area (Å²) in [5.41, 5.74) is 3.52. The van der Waals surface area contributed by atoms with Crippen LogP contribution < -0.4 is 10.6 Å². The topological polar surface area (TPSA) is 56.9 Å². The lowest BCUT2D eigenvalue weighted by molar-refractivity contribution is -0.110. The first-order valence-corrected chi connectivity index (χ1v) is 6.86. The van der Waals surface area contributed by atoms with Gasteiger partial charge in [-0.1, -0.05) is 0 Å². The maximum atomic E-state index is 13.4. The lowest BCUT2D eigenvalue weighted by Crippen LogP contribution is -2.05. The number of rotatable bonds is 2. The maximum Gasteiger partial charge on any atom is 0.257 e. The molecule has 0 unspecified atom stereocenters. The Morgan fingerprint density at radius 3 is 2.91 bits per heavy atom. The van der Waals surface area contributed by atoms with E-state index < -0.39 is 0 Å². The summed E-state index contributed by atoms with van der Waals surface area (Å²) in [6, 6.07) is 12.1. The Balaban J connectivity index is 1.68. The van der Waals surface area contributed by atoms with Crippen molar-refractivity contribution >= 4 is 33.8 Å². The number of benzene rings is 2. The number of carbonyl (C=O) groups is 1. The van der Waals surface area contributed by atoms with Crippen molar-refractivity contribution < 1.29 is 9.18 Å². The van der Waals surface area contributed by atoms with E-state index in [9.17, 15) is 9.18 Å². The molecule has 108 valence electrons. The van der Waals surface area contributed by atoms with Crippen LogP contribution in [0.15, 0.2) is 54.9 Å². The molecule has 0 atom stereocenters. The van der Waals surface area contributed by atoms with Gasteiger partial charge in [-0.15, -0.1) is 0 Å². The number of hydrogen-bond donors (Lipinski definition) is 3. The fraction of sp³-hybridized carbons (Fsp3) is 0. The van der Waals surface area contributed by atoms with E-state index in [1.54, 1.807) is 12.3 Å². The highest BCUT2D eigenvalue weighted by Gasteiger charge is 2.24. The van der Waals surface area contributed by atoms with E-state index in [0.29, 0.717) is 16.8 Å². The third-order valence-electron chi connectivity index (χ3n) is 3.70. The number of nitrogens with one attached hydrogen (secondary N) is 3. The minimum atomic E-state index is -0.366. The molecule has 1 aliphatic rings. The van der Waals surface area contributed by atoms with Crippen LogP contribution in [0.3, 0.4) is 0 Å². The molecular formula is C17H12FN3O. The number of aromatic nitrogens is 1. The second-order valence-electron chi connectivity index (χ2n) is 5.13. The van der Waals surface area contributed by atoms with E-state index in [4.69, 9.17) is 0 Å². The van der Waals surface area contributed by atoms with Gasteiger partial charge in [0, 0.05) is 40.2 Å². The van der Waals surface area contributed by atoms with Crippen molar-refractivity contribution in [2.75, 3.05) is 10.6 Å². The minimum Gasteiger partial charge on any atom is -0.361 e. The van der Waals surface area contributed by atoms with Gasteiger partial charge in [0.05, 0.1) is 5.57 Å². The van der Waals surface area contributed by atoms with Crippen LogP contribution in [0.2, 0.25) is 0 Å². The minimum absolute atomic E-state index is 0.240. The van der Waals surface area contributed by atoms with Crippen molar-refractivity contribution in [3.8, 4) is 0 Å². The molecule has 2 aromatic carbocycles. The molecule has 0 bridgehead atoms. The molecular weight excluding hydrogens is 281 g/mol. The van der Waals surface area contributed by atoms with E-state index in [0.717, 1.165) is 16.6 Å². The lowest BCUT2D eigenvalue weighted by Gasteiger charge is -2.03. The number of aromatic amines is 1. The van der Waals surface area contributed by atoms with Crippen molar-refractivity contribution in [3.05, 3.63) is 66.2 Å². The highest BCUT2D eigenvalue weighted by atomic mass is 19.1. The van der Waals surface area contributed by atoms with Gasteiger partial charge in [-0.3, -0.25) is 4.79 Å². The van der Waals surface area contributed by atoms with E-state index in [1.165, 1.54) is 12.1 Å². The van der Waals surface area contributed by atoms with Crippen molar-refractivity contribution in [3.63, 3.8) is 0 Å². The van der Waals surface area contributed by atoms with Crippen molar-refractivity contribution in [2.45, 2.75) is 0 Å². The van der Waals surface area contributed by atoms with Gasteiger partial charge in [0.1, 0.15) is 5.82 Å². The van der Waals surface area contributed by atoms with Crippen LogP contribution in [-0.2, 0) is 4.79 Å². The summed E-state index contributed by atoms with van der Waals surface area (Å²) in [4.78, 5) is 15.1. The number of hydrogen-bond acceptors (Lipinski definition) is 2. The molecule has 4 nitrogen and oxygen atoms in total. The molecule has 3 aromatic rings. The average molecular weight is 293 g/mol. The Hall–Kier alpha value is -3.08. The Bertz CT molecular complexity index is 927. The second kappa shape index (κ2) is 4.73. The maximum absolute atomic E-state index is 13.4. The smallest absolute Gasteiger partial charge is 0.257 e. The molecule has 3 N–H and O–H groups in total. The summed E-state index contributed by atoms with van der Waals surface area (Å²) in [5.74, 6) is -0.606. The Morgan fingerprint density at radius 1 is 1.09 bits per heavy atom. The normalized spacial score (nSPS) is 15.1. The molecule has 0 radical (unpaired) electrons. The summed E-state index contributed by atoms with van der Waals surface area (Å²) in [6.45, 7) is 0. The van der Waals surface area contributed by atoms with E-state index >= 15 is 0 Å². The van der Waals surface area contributed by atoms with Crippen molar-refractivity contribution in [1.29, 1.82) is 0 Å². The van der Waals surface area contributed by atoms with Gasteiger partial charge < -0.3 is 15.6 Å². The Labute approximate surface area is 125 Å². The first-order valence-electron chi connectivity index (χ1n) is 6.86. The molecule has 1 aromatic heterocycles. The summed E-state index contributed by atoms with van der Waals surface area (Å²) < 4.78 is 13.4. The molecule has 4 rings (SSSR count). The molecule has 2 heterocycles. The predicted molar refractivity (Wildman–Crippen MR) is 84.9 cm³/mol. The van der Waals surface area contributed by atoms with Gasteiger partial charge in [0.25, 0.3) is 5.91 Å². The van der Waals surface area contributed by atoms with Crippen LogP contribution >= 0.6 is 0 Å². The molecule has 0 saturated heterocycles. The average Bonchev–Trinajstić information content (AvgIpc) is 3.08. The number of anilines is 2. The van der Waals surface area contributed by atoms with E-state index in [-0.39, 0.29) is 11.7 Å². The highest BCUT2D eigenvalue weighted by Crippen LogP contribution is 2.32. The molecule has 0 aliphatic carbocycles. The summed E-state index contributed by atoms with van der Waals surface area (Å²) >= 11 is 0. The lowest BCUT2D eigenvalue weighted by atomic mass is 10.1. The zero-order valence-electron chi connectivity index (χ0n) is 11.5. The molecule has 22 heavy (non-hydrogen) atoms. The van der Waals surface area contributed by atoms with Crippen LogP contribution in [0.25, 0.3) is 16.5 Å². The fourth-order valence-electron chi connectivity index (χ4n) is 2.60. The second-order valence-corrected chi connectivity index (χ2v) is 5.13. The monoisotopic (exact) mass is 293 g/mol. The Morgan fingerprint density at radius 2 is 2.00 bits per heavy atom. The van der Waals surface area contributed by atoms with E-state index in [1.807, 2.05) is 30.5 Å². The Kier molecular flexibility index (Phi) is 2.72. The number of halogens is 1. The van der Waals surface area contributed by atoms with Crippen LogP contribution in [0.4, 0.5) is 15.8 Å². The predicted octanol–water partition coefficient (Wildman–Crippen LogP) is 3.71. The molecule has 5 heteroatoms. The van der Waals surface area contributed by atoms with Crippen LogP contribution in [-0.4, -0.2) is 10.9 Å². The first-order chi connectivity index (χ1) is 10.7. The fourth-order valence-corrected chi connectivity index (χ4v) is 2.60. The number of carbonyl (C=O) groups excluding carboxylic acids is 1. The van der Waals surface area contributed by atoms with Gasteiger partial charge in [-0.05, 0) is 42.5 Å². The van der Waals surface area contributed by atoms with Crippen molar-refractivity contribution in [2.24, 2.45) is 0 Å². The zero-order chi connectivity index (χ0) is 15.1. The van der Waals surface area contributed by atoms with Gasteiger partial charge in [-0.2, -0.15) is 0 Å². The largest absolute Gasteiger partial charge is 0.361 e. The zero-order valence-corrected chi connectivity index (χ0v) is 11.5. The highest BCUT2D eigenvalue weighted by molar-refractivity contribution is 6.31. The van der Waals surface area contributed by atoms with Gasteiger partial charge in [0.2, 0.25) is 0 Å². The van der Waals surface area contributed by atoms with Crippen molar-refractivity contribution in [1.82, 2.24) is 4.98 Å². The molecule has 0 saturated carbocycles. The standard InChI is InChI=1S/C17H12FN3O/c18-11-1-3-16-13(8-11)14(17(22)21-16)9-20-12-2-4-15-10(7-12)5-6-19-15/h1-9,19-20H,(H,21,22)/b14-9+. The van der Waals surface area contributed by atoms with Gasteiger partial charge in [0.15, 0.2) is 0 Å². The summed E-state index contributed by atoms with van der Waals surface area (Å²) in [7, 11) is 0. The third-order valence-corrected chi connectivity index (χ3v) is 3.70. The molecule has 0 spiro atoms. The SMILES string of the molecule is O=C1Nc2ccc(F)cc2/C1=C\Nc1ccc2[nH]ccc2c1. The number of fused-ring (bicyclic) bond motifs is 2. The number of amides is 1. The van der Waals surface area contributed by atoms with Gasteiger partial charge in [-0.25, -0.2) is 4.39 Å². The van der Waals surface area contributed by atoms with E-state index in [2.05, 4.69) is 15.6 Å². The first kappa shape index (κ1) is 12.6. The van der Waals surface area contributed by atoms with Gasteiger partial charge >= 0.3 is 0 Å². The molecule has 1 aliphatic heterocycles. The summed E-state index contributed by atoms with van der Waals surface area (Å²) in [5, 5.41) is 6.89. The van der Waals surface area contributed by atoms with Crippen LogP contribution in [0.5, 0.6) is 0 Å².